The van der Waals surface area contributed by atoms with Crippen LogP contribution in [0.4, 0.5) is 5.82 Å². The Labute approximate surface area is 124 Å². The minimum atomic E-state index is 0. The number of rotatable bonds is 4. The molecule has 0 N–H and O–H groups in total. The lowest BCUT2D eigenvalue weighted by molar-refractivity contribution is 0.911. The van der Waals surface area contributed by atoms with Gasteiger partial charge >= 0.3 is 0 Å². The maximum absolute atomic E-state index is 4.56. The zero-order chi connectivity index (χ0) is 13.0. The molecule has 0 spiro atoms. The van der Waals surface area contributed by atoms with Gasteiger partial charge in [-0.25, -0.2) is 9.97 Å². The second kappa shape index (κ2) is 7.36. The minimum Gasteiger partial charge on any atom is -0.362 e. The molecule has 0 aliphatic carbocycles. The first kappa shape index (κ1) is 15.8. The van der Waals surface area contributed by atoms with Gasteiger partial charge in [0.2, 0.25) is 0 Å². The Hall–Kier alpha value is -1.26. The number of aryl methyl sites for hydroxylation is 1. The van der Waals surface area contributed by atoms with Crippen LogP contribution in [0.15, 0.2) is 41.7 Å². The number of anilines is 1. The van der Waals surface area contributed by atoms with Gasteiger partial charge < -0.3 is 4.90 Å². The molecule has 1 aromatic heterocycles. The highest BCUT2D eigenvalue weighted by Crippen LogP contribution is 2.22. The first-order chi connectivity index (χ1) is 8.66. The van der Waals surface area contributed by atoms with Crippen molar-refractivity contribution in [1.29, 1.82) is 0 Å². The Balaban J connectivity index is 0.00000180. The number of benzene rings is 1. The van der Waals surface area contributed by atoms with Crippen molar-refractivity contribution >= 4 is 30.0 Å². The molecule has 5 heteroatoms. The number of hydrogen-bond donors (Lipinski definition) is 0. The molecular formula is C14H18ClN3S. The number of halogens is 1. The van der Waals surface area contributed by atoms with Crippen LogP contribution in [0.25, 0.3) is 0 Å². The van der Waals surface area contributed by atoms with Crippen molar-refractivity contribution < 1.29 is 0 Å². The van der Waals surface area contributed by atoms with E-state index in [0.717, 1.165) is 22.3 Å². The standard InChI is InChI=1S/C14H17N3S.ClH/c1-11-9-15-14(16-13(11)17(2)3)18-10-12-7-5-4-6-8-12;/h4-9H,10H2,1-3H3;1H. The molecule has 0 atom stereocenters. The van der Waals surface area contributed by atoms with Gasteiger partial charge in [0.25, 0.3) is 0 Å². The topological polar surface area (TPSA) is 29.0 Å². The van der Waals surface area contributed by atoms with E-state index in [1.807, 2.05) is 38.2 Å². The summed E-state index contributed by atoms with van der Waals surface area (Å²) in [6, 6.07) is 10.4. The SMILES string of the molecule is Cc1cnc(SCc2ccccc2)nc1N(C)C.Cl. The van der Waals surface area contributed by atoms with E-state index in [1.54, 1.807) is 11.8 Å². The Morgan fingerprint density at radius 1 is 1.16 bits per heavy atom. The van der Waals surface area contributed by atoms with Crippen LogP contribution in [-0.4, -0.2) is 24.1 Å². The van der Waals surface area contributed by atoms with Gasteiger partial charge in [0.15, 0.2) is 5.16 Å². The van der Waals surface area contributed by atoms with Crippen molar-refractivity contribution in [2.45, 2.75) is 17.8 Å². The lowest BCUT2D eigenvalue weighted by atomic mass is 10.2. The van der Waals surface area contributed by atoms with Gasteiger partial charge in [-0.05, 0) is 12.5 Å². The largest absolute Gasteiger partial charge is 0.362 e. The molecule has 2 rings (SSSR count). The van der Waals surface area contributed by atoms with Crippen LogP contribution in [0.2, 0.25) is 0 Å². The molecule has 0 aliphatic heterocycles. The average molecular weight is 296 g/mol. The van der Waals surface area contributed by atoms with Crippen molar-refractivity contribution in [2.75, 3.05) is 19.0 Å². The fourth-order valence-corrected chi connectivity index (χ4v) is 2.43. The molecule has 0 saturated heterocycles. The van der Waals surface area contributed by atoms with Crippen molar-refractivity contribution in [3.63, 3.8) is 0 Å². The molecule has 0 radical (unpaired) electrons. The molecule has 2 aromatic rings. The van der Waals surface area contributed by atoms with Crippen LogP contribution in [0.1, 0.15) is 11.1 Å². The molecule has 1 heterocycles. The maximum Gasteiger partial charge on any atom is 0.189 e. The van der Waals surface area contributed by atoms with Gasteiger partial charge in [-0.1, -0.05) is 42.1 Å². The van der Waals surface area contributed by atoms with Crippen LogP contribution < -0.4 is 4.90 Å². The third-order valence-electron chi connectivity index (χ3n) is 2.56. The van der Waals surface area contributed by atoms with Gasteiger partial charge in [-0.15, -0.1) is 12.4 Å². The molecule has 0 aliphatic rings. The Bertz CT molecular complexity index is 517. The van der Waals surface area contributed by atoms with Crippen LogP contribution in [0, 0.1) is 6.92 Å². The highest BCUT2D eigenvalue weighted by Gasteiger charge is 2.06. The van der Waals surface area contributed by atoms with E-state index >= 15 is 0 Å². The summed E-state index contributed by atoms with van der Waals surface area (Å²) >= 11 is 1.66. The average Bonchev–Trinajstić information content (AvgIpc) is 2.38. The van der Waals surface area contributed by atoms with Gasteiger partial charge in [-0.2, -0.15) is 0 Å². The van der Waals surface area contributed by atoms with E-state index in [4.69, 9.17) is 0 Å². The quantitative estimate of drug-likeness (QED) is 0.637. The van der Waals surface area contributed by atoms with E-state index in [-0.39, 0.29) is 12.4 Å². The van der Waals surface area contributed by atoms with Crippen molar-refractivity contribution in [3.05, 3.63) is 47.7 Å². The summed E-state index contributed by atoms with van der Waals surface area (Å²) in [6.45, 7) is 2.03. The molecule has 19 heavy (non-hydrogen) atoms. The summed E-state index contributed by atoms with van der Waals surface area (Å²) in [7, 11) is 4.00. The zero-order valence-electron chi connectivity index (χ0n) is 11.3. The van der Waals surface area contributed by atoms with Crippen molar-refractivity contribution in [3.8, 4) is 0 Å². The summed E-state index contributed by atoms with van der Waals surface area (Å²) < 4.78 is 0. The van der Waals surface area contributed by atoms with Crippen molar-refractivity contribution in [1.82, 2.24) is 9.97 Å². The second-order valence-electron chi connectivity index (χ2n) is 4.33. The number of hydrogen-bond acceptors (Lipinski definition) is 4. The highest BCUT2D eigenvalue weighted by atomic mass is 35.5. The number of nitrogens with zero attached hydrogens (tertiary/aromatic N) is 3. The molecule has 0 bridgehead atoms. The molecular weight excluding hydrogens is 278 g/mol. The maximum atomic E-state index is 4.56. The third kappa shape index (κ3) is 4.40. The van der Waals surface area contributed by atoms with E-state index < -0.39 is 0 Å². The van der Waals surface area contributed by atoms with Crippen LogP contribution >= 0.6 is 24.2 Å². The fourth-order valence-electron chi connectivity index (χ4n) is 1.66. The van der Waals surface area contributed by atoms with Crippen molar-refractivity contribution in [2.24, 2.45) is 0 Å². The first-order valence-electron chi connectivity index (χ1n) is 5.84. The van der Waals surface area contributed by atoms with Gasteiger partial charge in [-0.3, -0.25) is 0 Å². The highest BCUT2D eigenvalue weighted by molar-refractivity contribution is 7.98. The predicted octanol–water partition coefficient (Wildman–Crippen LogP) is 3.57. The van der Waals surface area contributed by atoms with Crippen LogP contribution in [-0.2, 0) is 5.75 Å². The lowest BCUT2D eigenvalue weighted by Crippen LogP contribution is -2.13. The number of aromatic nitrogens is 2. The van der Waals surface area contributed by atoms with Gasteiger partial charge in [0.1, 0.15) is 5.82 Å². The lowest BCUT2D eigenvalue weighted by Gasteiger charge is -2.14. The molecule has 102 valence electrons. The fraction of sp³-hybridized carbons (Fsp3) is 0.286. The predicted molar refractivity (Wildman–Crippen MR) is 84.3 cm³/mol. The summed E-state index contributed by atoms with van der Waals surface area (Å²) in [5, 5.41) is 0.827. The molecule has 1 aromatic carbocycles. The summed E-state index contributed by atoms with van der Waals surface area (Å²) in [5.41, 5.74) is 2.39. The normalized spacial score (nSPS) is 9.84. The molecule has 0 fully saturated rings. The minimum absolute atomic E-state index is 0. The molecule has 0 amide bonds. The third-order valence-corrected chi connectivity index (χ3v) is 3.49. The summed E-state index contributed by atoms with van der Waals surface area (Å²) in [6.07, 6.45) is 1.88. The smallest absolute Gasteiger partial charge is 0.189 e. The second-order valence-corrected chi connectivity index (χ2v) is 5.27. The molecule has 0 unspecified atom stereocenters. The summed E-state index contributed by atoms with van der Waals surface area (Å²) in [4.78, 5) is 10.9. The Morgan fingerprint density at radius 3 is 2.47 bits per heavy atom. The number of thioether (sulfide) groups is 1. The van der Waals surface area contributed by atoms with Crippen LogP contribution in [0.3, 0.4) is 0 Å². The van der Waals surface area contributed by atoms with E-state index in [2.05, 4.69) is 34.2 Å². The van der Waals surface area contributed by atoms with E-state index in [9.17, 15) is 0 Å². The summed E-state index contributed by atoms with van der Waals surface area (Å²) in [5.74, 6) is 1.89. The first-order valence-corrected chi connectivity index (χ1v) is 6.83. The van der Waals surface area contributed by atoms with Crippen LogP contribution in [0.5, 0.6) is 0 Å². The Morgan fingerprint density at radius 2 is 1.84 bits per heavy atom. The zero-order valence-corrected chi connectivity index (χ0v) is 13.0. The molecule has 3 nitrogen and oxygen atoms in total. The van der Waals surface area contributed by atoms with Gasteiger partial charge in [0, 0.05) is 31.6 Å². The van der Waals surface area contributed by atoms with E-state index in [0.29, 0.717) is 0 Å². The monoisotopic (exact) mass is 295 g/mol. The Kier molecular flexibility index (Phi) is 6.12. The molecule has 0 saturated carbocycles. The van der Waals surface area contributed by atoms with Gasteiger partial charge in [0.05, 0.1) is 0 Å². The van der Waals surface area contributed by atoms with E-state index in [1.165, 1.54) is 5.56 Å².